The van der Waals surface area contributed by atoms with Gasteiger partial charge in [-0.15, -0.1) is 0 Å². The Hall–Kier alpha value is 0.470. The topological polar surface area (TPSA) is 37.3 Å². The van der Waals surface area contributed by atoms with Crippen LogP contribution in [0.2, 0.25) is 0 Å². The van der Waals surface area contributed by atoms with Crippen LogP contribution in [-0.4, -0.2) is 40.6 Å². The van der Waals surface area contributed by atoms with E-state index in [9.17, 15) is 4.79 Å². The van der Waals surface area contributed by atoms with Gasteiger partial charge in [-0.25, -0.2) is 0 Å². The Morgan fingerprint density at radius 1 is 1.71 bits per heavy atom. The van der Waals surface area contributed by atoms with Gasteiger partial charge in [-0.1, -0.05) is 6.92 Å². The molecule has 0 fully saturated rings. The van der Waals surface area contributed by atoms with E-state index in [1.165, 1.54) is 0 Å². The molecule has 0 bridgehead atoms. The van der Waals surface area contributed by atoms with Gasteiger partial charge in [0.05, 0.1) is 0 Å². The minimum atomic E-state index is -0.711. The van der Waals surface area contributed by atoms with Crippen LogP contribution in [0.4, 0.5) is 0 Å². The zero-order valence-corrected chi connectivity index (χ0v) is 6.77. The standard InChI is InChI=1S/C4H8O2.Na/c1-2-3-4(5)6;/h2-3H2,1H3,(H,5,6);. The molecule has 0 aromatic carbocycles. The summed E-state index contributed by atoms with van der Waals surface area (Å²) in [6.45, 7) is 1.84. The first-order chi connectivity index (χ1) is 2.77. The fourth-order valence-electron chi connectivity index (χ4n) is 0.214. The smallest absolute Gasteiger partial charge is 0.303 e. The summed E-state index contributed by atoms with van der Waals surface area (Å²) >= 11 is 0. The number of carboxylic acids is 1. The molecule has 2 nitrogen and oxygen atoms in total. The molecule has 37 valence electrons. The molecule has 0 aromatic rings. The number of hydrogen-bond donors (Lipinski definition) is 1. The Morgan fingerprint density at radius 2 is 2.14 bits per heavy atom. The van der Waals surface area contributed by atoms with E-state index >= 15 is 0 Å². The summed E-state index contributed by atoms with van der Waals surface area (Å²) in [5.74, 6) is -0.711. The summed E-state index contributed by atoms with van der Waals surface area (Å²) in [5, 5.41) is 7.91. The van der Waals surface area contributed by atoms with Gasteiger partial charge >= 0.3 is 5.97 Å². The van der Waals surface area contributed by atoms with Crippen LogP contribution in [0.15, 0.2) is 0 Å². The molecule has 7 heavy (non-hydrogen) atoms. The molecule has 0 aromatic heterocycles. The van der Waals surface area contributed by atoms with Gasteiger partial charge in [0.25, 0.3) is 0 Å². The number of hydrogen-bond acceptors (Lipinski definition) is 1. The van der Waals surface area contributed by atoms with E-state index in [2.05, 4.69) is 0 Å². The molecule has 0 atom stereocenters. The fraction of sp³-hybridized carbons (Fsp3) is 0.750. The van der Waals surface area contributed by atoms with E-state index in [0.29, 0.717) is 6.42 Å². The first-order valence-corrected chi connectivity index (χ1v) is 1.99. The van der Waals surface area contributed by atoms with Crippen LogP contribution in [0.5, 0.6) is 0 Å². The Kier molecular flexibility index (Phi) is 9.66. The zero-order valence-electron chi connectivity index (χ0n) is 4.77. The molecule has 0 spiro atoms. The second-order valence-corrected chi connectivity index (χ2v) is 1.14. The number of aliphatic carboxylic acids is 1. The number of carbonyl (C=O) groups is 1. The van der Waals surface area contributed by atoms with Crippen molar-refractivity contribution in [3.05, 3.63) is 0 Å². The molecule has 0 aliphatic rings. The summed E-state index contributed by atoms with van der Waals surface area (Å²) in [4.78, 5) is 9.60. The Balaban J connectivity index is 0. The van der Waals surface area contributed by atoms with Gasteiger partial charge in [-0.2, -0.15) is 0 Å². The van der Waals surface area contributed by atoms with Gasteiger partial charge in [0.2, 0.25) is 0 Å². The molecular weight excluding hydrogens is 103 g/mol. The fourth-order valence-corrected chi connectivity index (χ4v) is 0.214. The minimum absolute atomic E-state index is 0. The second kappa shape index (κ2) is 6.47. The Morgan fingerprint density at radius 3 is 2.14 bits per heavy atom. The maximum absolute atomic E-state index is 9.60. The predicted molar refractivity (Wildman–Crippen MR) is 28.3 cm³/mol. The van der Waals surface area contributed by atoms with Crippen LogP contribution >= 0.6 is 0 Å². The predicted octanol–water partition coefficient (Wildman–Crippen LogP) is 0.490. The van der Waals surface area contributed by atoms with E-state index < -0.39 is 5.97 Å². The van der Waals surface area contributed by atoms with Crippen LogP contribution in [0.1, 0.15) is 19.8 Å². The summed E-state index contributed by atoms with van der Waals surface area (Å²) in [7, 11) is 0. The van der Waals surface area contributed by atoms with Gasteiger partial charge < -0.3 is 5.11 Å². The van der Waals surface area contributed by atoms with E-state index in [1.54, 1.807) is 0 Å². The molecule has 1 N–H and O–H groups in total. The van der Waals surface area contributed by atoms with Crippen LogP contribution < -0.4 is 0 Å². The summed E-state index contributed by atoms with van der Waals surface area (Å²) in [6.07, 6.45) is 1.02. The van der Waals surface area contributed by atoms with Gasteiger partial charge in [-0.3, -0.25) is 4.79 Å². The second-order valence-electron chi connectivity index (χ2n) is 1.14. The molecule has 0 rings (SSSR count). The third-order valence-electron chi connectivity index (χ3n) is 0.464. The van der Waals surface area contributed by atoms with Crippen LogP contribution in [0.3, 0.4) is 0 Å². The van der Waals surface area contributed by atoms with Crippen molar-refractivity contribution in [3.63, 3.8) is 0 Å². The van der Waals surface area contributed by atoms with E-state index in [1.807, 2.05) is 6.92 Å². The van der Waals surface area contributed by atoms with Gasteiger partial charge in [0, 0.05) is 36.0 Å². The van der Waals surface area contributed by atoms with Gasteiger partial charge in [-0.05, 0) is 6.42 Å². The Labute approximate surface area is 65.2 Å². The van der Waals surface area contributed by atoms with Crippen LogP contribution in [0.25, 0.3) is 0 Å². The van der Waals surface area contributed by atoms with Crippen molar-refractivity contribution in [2.24, 2.45) is 0 Å². The van der Waals surface area contributed by atoms with Crippen LogP contribution in [0, 0.1) is 0 Å². The first-order valence-electron chi connectivity index (χ1n) is 1.99. The molecule has 0 amide bonds. The van der Waals surface area contributed by atoms with Crippen LogP contribution in [-0.2, 0) is 4.79 Å². The number of rotatable bonds is 2. The molecule has 0 aliphatic carbocycles. The van der Waals surface area contributed by atoms with Crippen molar-refractivity contribution in [1.29, 1.82) is 0 Å². The minimum Gasteiger partial charge on any atom is -0.481 e. The molecule has 1 radical (unpaired) electrons. The third-order valence-corrected chi connectivity index (χ3v) is 0.464. The zero-order chi connectivity index (χ0) is 4.99. The van der Waals surface area contributed by atoms with E-state index in [4.69, 9.17) is 5.11 Å². The van der Waals surface area contributed by atoms with Crippen molar-refractivity contribution < 1.29 is 9.90 Å². The van der Waals surface area contributed by atoms with Crippen molar-refractivity contribution in [1.82, 2.24) is 0 Å². The molecule has 0 saturated heterocycles. The molecule has 3 heteroatoms. The monoisotopic (exact) mass is 111 g/mol. The molecule has 0 unspecified atom stereocenters. The van der Waals surface area contributed by atoms with E-state index in [-0.39, 0.29) is 29.6 Å². The van der Waals surface area contributed by atoms with Crippen molar-refractivity contribution >= 4 is 35.5 Å². The van der Waals surface area contributed by atoms with Crippen molar-refractivity contribution in [3.8, 4) is 0 Å². The van der Waals surface area contributed by atoms with Crippen molar-refractivity contribution in [2.45, 2.75) is 19.8 Å². The van der Waals surface area contributed by atoms with Gasteiger partial charge in [0.15, 0.2) is 0 Å². The van der Waals surface area contributed by atoms with E-state index in [0.717, 1.165) is 6.42 Å². The largest absolute Gasteiger partial charge is 0.481 e. The number of carboxylic acid groups (broad SMARTS) is 1. The molecular formula is C4H8NaO2. The van der Waals surface area contributed by atoms with Crippen molar-refractivity contribution in [2.75, 3.05) is 0 Å². The summed E-state index contributed by atoms with van der Waals surface area (Å²) < 4.78 is 0. The Bertz CT molecular complexity index is 53.7. The normalized spacial score (nSPS) is 7.00. The average molecular weight is 111 g/mol. The maximum atomic E-state index is 9.60. The molecule has 0 saturated carbocycles. The maximum Gasteiger partial charge on any atom is 0.303 e. The van der Waals surface area contributed by atoms with Gasteiger partial charge in [0.1, 0.15) is 0 Å². The SMILES string of the molecule is CCCC(=O)O.[Na]. The first kappa shape index (κ1) is 10.5. The molecule has 0 heterocycles. The third kappa shape index (κ3) is 10.7. The molecule has 0 aliphatic heterocycles. The summed E-state index contributed by atoms with van der Waals surface area (Å²) in [5.41, 5.74) is 0. The quantitative estimate of drug-likeness (QED) is 0.526. The summed E-state index contributed by atoms with van der Waals surface area (Å²) in [6, 6.07) is 0. The average Bonchev–Trinajstić information content (AvgIpc) is 1.35.